The first kappa shape index (κ1) is 15.5. The van der Waals surface area contributed by atoms with Gasteiger partial charge in [-0.3, -0.25) is 0 Å². The molecule has 0 radical (unpaired) electrons. The van der Waals surface area contributed by atoms with E-state index in [9.17, 15) is 0 Å². The van der Waals surface area contributed by atoms with E-state index in [1.165, 1.54) is 0 Å². The first-order chi connectivity index (χ1) is 13.3. The lowest BCUT2D eigenvalue weighted by Crippen LogP contribution is -2.04. The van der Waals surface area contributed by atoms with Crippen molar-refractivity contribution >= 4 is 16.8 Å². The minimum absolute atomic E-state index is 0.536. The molecule has 0 aliphatic carbocycles. The molecule has 0 amide bonds. The quantitative estimate of drug-likeness (QED) is 0.495. The number of nitrogens with zero attached hydrogens (tertiary/aromatic N) is 6. The second-order valence-electron chi connectivity index (χ2n) is 6.26. The number of hydrogen-bond acceptors (Lipinski definition) is 5. The van der Waals surface area contributed by atoms with Crippen LogP contribution < -0.4 is 4.74 Å². The first-order valence-corrected chi connectivity index (χ1v) is 8.56. The molecule has 132 valence electrons. The number of ether oxygens (including phenoxy) is 1. The van der Waals surface area contributed by atoms with Crippen molar-refractivity contribution in [3.63, 3.8) is 0 Å². The third-order valence-electron chi connectivity index (χ3n) is 4.53. The fourth-order valence-electron chi connectivity index (χ4n) is 3.11. The molecule has 0 atom stereocenters. The van der Waals surface area contributed by atoms with Crippen molar-refractivity contribution in [3.8, 4) is 17.0 Å². The highest BCUT2D eigenvalue weighted by Crippen LogP contribution is 2.21. The van der Waals surface area contributed by atoms with E-state index in [-0.39, 0.29) is 0 Å². The van der Waals surface area contributed by atoms with Crippen LogP contribution in [-0.2, 0) is 6.54 Å². The third-order valence-corrected chi connectivity index (χ3v) is 4.53. The van der Waals surface area contributed by atoms with Gasteiger partial charge in [0.1, 0.15) is 5.75 Å². The number of rotatable bonds is 4. The van der Waals surface area contributed by atoms with Gasteiger partial charge in [0.25, 0.3) is 0 Å². The minimum Gasteiger partial charge on any atom is -0.497 e. The lowest BCUT2D eigenvalue weighted by molar-refractivity contribution is 0.415. The average molecular weight is 356 g/mol. The van der Waals surface area contributed by atoms with E-state index in [1.807, 2.05) is 36.5 Å². The average Bonchev–Trinajstić information content (AvgIpc) is 3.34. The Morgan fingerprint density at radius 3 is 2.78 bits per heavy atom. The van der Waals surface area contributed by atoms with Crippen LogP contribution in [0.4, 0.5) is 0 Å². The summed E-state index contributed by atoms with van der Waals surface area (Å²) in [6.45, 7) is 0.575. The summed E-state index contributed by atoms with van der Waals surface area (Å²) in [5.74, 6) is 0.805. The normalized spacial score (nSPS) is 11.3. The zero-order valence-corrected chi connectivity index (χ0v) is 14.6. The fourth-order valence-corrected chi connectivity index (χ4v) is 3.11. The molecule has 7 heteroatoms. The van der Waals surface area contributed by atoms with Crippen molar-refractivity contribution in [3.05, 3.63) is 72.7 Å². The van der Waals surface area contributed by atoms with Crippen molar-refractivity contribution in [1.29, 1.82) is 0 Å². The van der Waals surface area contributed by atoms with Crippen LogP contribution in [0.1, 0.15) is 5.56 Å². The number of hydrogen-bond donors (Lipinski definition) is 0. The van der Waals surface area contributed by atoms with Gasteiger partial charge in [-0.15, -0.1) is 5.10 Å². The molecule has 5 rings (SSSR count). The highest BCUT2D eigenvalue weighted by molar-refractivity contribution is 5.70. The number of pyridine rings is 1. The highest BCUT2D eigenvalue weighted by Gasteiger charge is 2.11. The van der Waals surface area contributed by atoms with Gasteiger partial charge in [-0.1, -0.05) is 11.3 Å². The van der Waals surface area contributed by atoms with Crippen LogP contribution in [0.15, 0.2) is 67.1 Å². The summed E-state index contributed by atoms with van der Waals surface area (Å²) in [6, 6.07) is 16.0. The van der Waals surface area contributed by atoms with Crippen molar-refractivity contribution in [1.82, 2.24) is 29.4 Å². The van der Waals surface area contributed by atoms with Crippen LogP contribution in [0.5, 0.6) is 5.75 Å². The fraction of sp³-hybridized carbons (Fsp3) is 0.100. The molecule has 0 N–H and O–H groups in total. The zero-order valence-electron chi connectivity index (χ0n) is 14.6. The van der Waals surface area contributed by atoms with E-state index >= 15 is 0 Å². The molecule has 27 heavy (non-hydrogen) atoms. The SMILES string of the molecule is COc1ccc(-c2cnc3nnn(Cc4ccc5cccn5c4)c3n2)cc1. The third kappa shape index (κ3) is 2.79. The van der Waals surface area contributed by atoms with Crippen LogP contribution in [-0.4, -0.2) is 36.5 Å². The van der Waals surface area contributed by atoms with Gasteiger partial charge in [0.15, 0.2) is 5.65 Å². The second kappa shape index (κ2) is 6.21. The molecule has 0 saturated heterocycles. The molecule has 0 fully saturated rings. The summed E-state index contributed by atoms with van der Waals surface area (Å²) in [7, 11) is 1.65. The van der Waals surface area contributed by atoms with E-state index < -0.39 is 0 Å². The maximum atomic E-state index is 5.21. The van der Waals surface area contributed by atoms with Gasteiger partial charge in [-0.25, -0.2) is 14.6 Å². The monoisotopic (exact) mass is 356 g/mol. The number of fused-ring (bicyclic) bond motifs is 2. The molecule has 0 saturated carbocycles. The second-order valence-corrected chi connectivity index (χ2v) is 6.26. The van der Waals surface area contributed by atoms with Crippen molar-refractivity contribution < 1.29 is 4.74 Å². The van der Waals surface area contributed by atoms with Crippen LogP contribution in [0.2, 0.25) is 0 Å². The predicted molar refractivity (Wildman–Crippen MR) is 102 cm³/mol. The molecule has 0 bridgehead atoms. The zero-order chi connectivity index (χ0) is 18.2. The summed E-state index contributed by atoms with van der Waals surface area (Å²) in [4.78, 5) is 9.15. The van der Waals surface area contributed by atoms with E-state index in [4.69, 9.17) is 9.72 Å². The molecule has 0 spiro atoms. The largest absolute Gasteiger partial charge is 0.497 e. The summed E-state index contributed by atoms with van der Waals surface area (Å²) in [6.07, 6.45) is 5.83. The predicted octanol–water partition coefficient (Wildman–Crippen LogP) is 3.20. The lowest BCUT2D eigenvalue weighted by atomic mass is 10.1. The van der Waals surface area contributed by atoms with Crippen LogP contribution >= 0.6 is 0 Å². The van der Waals surface area contributed by atoms with Crippen molar-refractivity contribution in [2.45, 2.75) is 6.54 Å². The van der Waals surface area contributed by atoms with Crippen LogP contribution in [0.3, 0.4) is 0 Å². The van der Waals surface area contributed by atoms with Gasteiger partial charge < -0.3 is 9.14 Å². The molecule has 5 aromatic rings. The van der Waals surface area contributed by atoms with Crippen LogP contribution in [0, 0.1) is 0 Å². The van der Waals surface area contributed by atoms with Gasteiger partial charge in [0, 0.05) is 23.5 Å². The number of benzene rings is 1. The maximum Gasteiger partial charge on any atom is 0.221 e. The Morgan fingerprint density at radius 2 is 1.93 bits per heavy atom. The first-order valence-electron chi connectivity index (χ1n) is 8.56. The molecule has 0 unspecified atom stereocenters. The Hall–Kier alpha value is -3.74. The van der Waals surface area contributed by atoms with Crippen molar-refractivity contribution in [2.75, 3.05) is 7.11 Å². The van der Waals surface area contributed by atoms with E-state index in [0.29, 0.717) is 17.8 Å². The Kier molecular flexibility index (Phi) is 3.57. The minimum atomic E-state index is 0.536. The van der Waals surface area contributed by atoms with Gasteiger partial charge >= 0.3 is 0 Å². The Labute approximate surface area is 154 Å². The summed E-state index contributed by atoms with van der Waals surface area (Å²) >= 11 is 0. The number of methoxy groups -OCH3 is 1. The molecule has 1 aromatic carbocycles. The lowest BCUT2D eigenvalue weighted by Gasteiger charge is -2.05. The molecule has 4 aromatic heterocycles. The summed E-state index contributed by atoms with van der Waals surface area (Å²) < 4.78 is 9.07. The van der Waals surface area contributed by atoms with Gasteiger partial charge in [0.05, 0.1) is 25.5 Å². The highest BCUT2D eigenvalue weighted by atomic mass is 16.5. The van der Waals surface area contributed by atoms with Gasteiger partial charge in [-0.05, 0) is 48.0 Å². The van der Waals surface area contributed by atoms with Gasteiger partial charge in [0.2, 0.25) is 5.65 Å². The van der Waals surface area contributed by atoms with Crippen molar-refractivity contribution in [2.24, 2.45) is 0 Å². The Morgan fingerprint density at radius 1 is 1.04 bits per heavy atom. The molecule has 7 nitrogen and oxygen atoms in total. The maximum absolute atomic E-state index is 5.21. The molecule has 0 aliphatic rings. The Bertz CT molecular complexity index is 1240. The smallest absolute Gasteiger partial charge is 0.221 e. The van der Waals surface area contributed by atoms with E-state index in [0.717, 1.165) is 28.1 Å². The standard InChI is InChI=1S/C20H16N6O/c1-27-17-8-5-15(6-9-17)18-11-21-19-20(22-18)26(24-23-19)13-14-4-7-16-3-2-10-25(16)12-14/h2-12H,13H2,1H3. The molecule has 4 heterocycles. The molecular formula is C20H16N6O. The van der Waals surface area contributed by atoms with Crippen LogP contribution in [0.25, 0.3) is 28.1 Å². The van der Waals surface area contributed by atoms with E-state index in [1.54, 1.807) is 18.0 Å². The number of aromatic nitrogens is 6. The van der Waals surface area contributed by atoms with Gasteiger partial charge in [-0.2, -0.15) is 0 Å². The molecule has 0 aliphatic heterocycles. The Balaban J connectivity index is 1.52. The topological polar surface area (TPSA) is 70.1 Å². The molecular weight excluding hydrogens is 340 g/mol. The van der Waals surface area contributed by atoms with E-state index in [2.05, 4.69) is 44.1 Å². The summed E-state index contributed by atoms with van der Waals surface area (Å²) in [5.41, 5.74) is 5.21. The summed E-state index contributed by atoms with van der Waals surface area (Å²) in [5, 5.41) is 8.37.